The lowest BCUT2D eigenvalue weighted by atomic mass is 10.2. The van der Waals surface area contributed by atoms with Crippen LogP contribution in [-0.4, -0.2) is 50.1 Å². The second-order valence-electron chi connectivity index (χ2n) is 6.07. The molecule has 0 fully saturated rings. The molecule has 0 aliphatic rings. The smallest absolute Gasteiger partial charge is 0.390 e. The number of amides is 1. The topological polar surface area (TPSA) is 151 Å². The van der Waals surface area contributed by atoms with Crippen LogP contribution in [-0.2, 0) is 13.2 Å². The van der Waals surface area contributed by atoms with Gasteiger partial charge in [-0.1, -0.05) is 28.7 Å². The lowest BCUT2D eigenvalue weighted by Crippen LogP contribution is -2.16. The first-order valence-corrected chi connectivity index (χ1v) is 8.86. The number of halogens is 1. The van der Waals surface area contributed by atoms with Crippen molar-refractivity contribution in [2.75, 3.05) is 5.32 Å². The molecule has 14 heteroatoms. The van der Waals surface area contributed by atoms with Crippen LogP contribution in [0.25, 0.3) is 0 Å². The number of anilines is 1. The van der Waals surface area contributed by atoms with Crippen LogP contribution < -0.4 is 5.32 Å². The first-order valence-electron chi connectivity index (χ1n) is 8.49. The molecule has 4 aromatic rings. The summed E-state index contributed by atoms with van der Waals surface area (Å²) in [5.74, 6) is -0.887. The summed E-state index contributed by atoms with van der Waals surface area (Å²) in [7, 11) is 0. The van der Waals surface area contributed by atoms with Gasteiger partial charge >= 0.3 is 5.95 Å². The lowest BCUT2D eigenvalue weighted by Gasteiger charge is -2.01. The van der Waals surface area contributed by atoms with Gasteiger partial charge in [-0.3, -0.25) is 10.1 Å². The van der Waals surface area contributed by atoms with Crippen molar-refractivity contribution in [2.45, 2.75) is 13.2 Å². The summed E-state index contributed by atoms with van der Waals surface area (Å²) in [5.41, 5.74) is 1.06. The SMILES string of the molecule is O=C(Nc1ncn(Cc2cccc(Cl)c2)n1)c1ccn(Cn2cnc([N+](=O)[O-])n2)n1. The average Bonchev–Trinajstić information content (AvgIpc) is 3.44. The first-order chi connectivity index (χ1) is 14.5. The predicted octanol–water partition coefficient (Wildman–Crippen LogP) is 1.43. The summed E-state index contributed by atoms with van der Waals surface area (Å²) < 4.78 is 4.18. The summed E-state index contributed by atoms with van der Waals surface area (Å²) >= 11 is 5.97. The second kappa shape index (κ2) is 8.08. The van der Waals surface area contributed by atoms with E-state index >= 15 is 0 Å². The molecule has 13 nitrogen and oxygen atoms in total. The van der Waals surface area contributed by atoms with E-state index in [0.717, 1.165) is 5.56 Å². The fourth-order valence-electron chi connectivity index (χ4n) is 2.56. The molecule has 30 heavy (non-hydrogen) atoms. The molecule has 0 unspecified atom stereocenters. The van der Waals surface area contributed by atoms with Crippen LogP contribution in [0.1, 0.15) is 16.1 Å². The molecule has 0 aliphatic carbocycles. The van der Waals surface area contributed by atoms with Gasteiger partial charge in [-0.05, 0) is 28.7 Å². The van der Waals surface area contributed by atoms with Crippen molar-refractivity contribution in [3.8, 4) is 0 Å². The molecule has 0 saturated heterocycles. The Balaban J connectivity index is 1.37. The summed E-state index contributed by atoms with van der Waals surface area (Å²) in [5, 5.41) is 25.8. The zero-order valence-corrected chi connectivity index (χ0v) is 15.9. The molecule has 1 aromatic carbocycles. The fraction of sp³-hybridized carbons (Fsp3) is 0.125. The van der Waals surface area contributed by atoms with Crippen molar-refractivity contribution < 1.29 is 9.72 Å². The number of hydrogen-bond donors (Lipinski definition) is 1. The van der Waals surface area contributed by atoms with E-state index < -0.39 is 16.8 Å². The second-order valence-corrected chi connectivity index (χ2v) is 6.51. The molecule has 1 N–H and O–H groups in total. The Labute approximate surface area is 173 Å². The number of rotatable bonds is 7. The highest BCUT2D eigenvalue weighted by molar-refractivity contribution is 6.30. The van der Waals surface area contributed by atoms with Gasteiger partial charge < -0.3 is 10.1 Å². The van der Waals surface area contributed by atoms with Gasteiger partial charge in [0.05, 0.1) is 6.54 Å². The maximum atomic E-state index is 12.4. The lowest BCUT2D eigenvalue weighted by molar-refractivity contribution is -0.394. The van der Waals surface area contributed by atoms with Crippen LogP contribution >= 0.6 is 11.6 Å². The normalized spacial score (nSPS) is 10.8. The molecule has 1 amide bonds. The van der Waals surface area contributed by atoms with Gasteiger partial charge in [0.1, 0.15) is 6.33 Å². The van der Waals surface area contributed by atoms with E-state index in [2.05, 4.69) is 30.6 Å². The summed E-state index contributed by atoms with van der Waals surface area (Å²) in [6.07, 6.45) is 4.23. The van der Waals surface area contributed by atoms with Crippen molar-refractivity contribution in [2.24, 2.45) is 0 Å². The standard InChI is InChI=1S/C16H13ClN10O3/c17-12-3-1-2-11(6-12)7-25-8-18-15(22-25)20-14(28)13-4-5-24(21-13)10-26-9-19-16(23-26)27(29)30/h1-6,8-9H,7,10H2,(H,20,22,28). The molecular weight excluding hydrogens is 416 g/mol. The Bertz CT molecular complexity index is 1210. The van der Waals surface area contributed by atoms with Crippen molar-refractivity contribution >= 4 is 29.4 Å². The zero-order chi connectivity index (χ0) is 21.1. The Hall–Kier alpha value is -4.13. The van der Waals surface area contributed by atoms with E-state index in [1.54, 1.807) is 10.7 Å². The number of nitrogens with one attached hydrogen (secondary N) is 1. The van der Waals surface area contributed by atoms with Crippen LogP contribution in [0.3, 0.4) is 0 Å². The maximum absolute atomic E-state index is 12.4. The number of nitrogens with zero attached hydrogens (tertiary/aromatic N) is 9. The van der Waals surface area contributed by atoms with Gasteiger partial charge in [0.15, 0.2) is 12.4 Å². The van der Waals surface area contributed by atoms with Gasteiger partial charge in [-0.25, -0.2) is 14.3 Å². The van der Waals surface area contributed by atoms with Gasteiger partial charge in [0, 0.05) is 16.3 Å². The number of nitro groups is 1. The van der Waals surface area contributed by atoms with Crippen LogP contribution in [0.4, 0.5) is 11.9 Å². The number of aromatic nitrogens is 8. The molecule has 0 saturated carbocycles. The van der Waals surface area contributed by atoms with Crippen LogP contribution in [0.2, 0.25) is 5.02 Å². The van der Waals surface area contributed by atoms with Gasteiger partial charge in [-0.15, -0.1) is 5.10 Å². The minimum absolute atomic E-state index is 0.0562. The minimum atomic E-state index is -0.697. The maximum Gasteiger partial charge on any atom is 0.491 e. The van der Waals surface area contributed by atoms with Crippen molar-refractivity contribution in [3.05, 3.63) is 75.6 Å². The quantitative estimate of drug-likeness (QED) is 0.343. The first kappa shape index (κ1) is 19.2. The number of carbonyl (C=O) groups excluding carboxylic acids is 1. The Kier molecular flexibility index (Phi) is 5.17. The van der Waals surface area contributed by atoms with Gasteiger partial charge in [0.25, 0.3) is 5.91 Å². The predicted molar refractivity (Wildman–Crippen MR) is 103 cm³/mol. The molecular formula is C16H13ClN10O3. The van der Waals surface area contributed by atoms with Gasteiger partial charge in [-0.2, -0.15) is 9.78 Å². The molecule has 0 bridgehead atoms. The molecule has 0 radical (unpaired) electrons. The molecule has 152 valence electrons. The summed E-state index contributed by atoms with van der Waals surface area (Å²) in [4.78, 5) is 29.9. The number of benzene rings is 1. The molecule has 4 rings (SSSR count). The molecule has 3 heterocycles. The van der Waals surface area contributed by atoms with E-state index in [1.165, 1.54) is 34.3 Å². The Morgan fingerprint density at radius 1 is 1.10 bits per heavy atom. The monoisotopic (exact) mass is 428 g/mol. The Morgan fingerprint density at radius 2 is 1.93 bits per heavy atom. The van der Waals surface area contributed by atoms with Crippen LogP contribution in [0.5, 0.6) is 0 Å². The van der Waals surface area contributed by atoms with Crippen molar-refractivity contribution in [3.63, 3.8) is 0 Å². The molecule has 0 aliphatic heterocycles. The number of carbonyl (C=O) groups is 1. The highest BCUT2D eigenvalue weighted by atomic mass is 35.5. The molecule has 0 spiro atoms. The van der Waals surface area contributed by atoms with E-state index in [0.29, 0.717) is 11.6 Å². The number of hydrogen-bond acceptors (Lipinski definition) is 8. The van der Waals surface area contributed by atoms with Crippen LogP contribution in [0.15, 0.2) is 49.2 Å². The average molecular weight is 429 g/mol. The zero-order valence-electron chi connectivity index (χ0n) is 15.2. The molecule has 0 atom stereocenters. The van der Waals surface area contributed by atoms with E-state index in [1.807, 2.05) is 18.2 Å². The minimum Gasteiger partial charge on any atom is -0.390 e. The fourth-order valence-corrected chi connectivity index (χ4v) is 2.78. The van der Waals surface area contributed by atoms with E-state index in [-0.39, 0.29) is 18.3 Å². The van der Waals surface area contributed by atoms with Gasteiger partial charge in [0.2, 0.25) is 12.3 Å². The third-order valence-electron chi connectivity index (χ3n) is 3.85. The van der Waals surface area contributed by atoms with E-state index in [9.17, 15) is 14.9 Å². The summed E-state index contributed by atoms with van der Waals surface area (Å²) in [6, 6.07) is 8.83. The summed E-state index contributed by atoms with van der Waals surface area (Å²) in [6.45, 7) is 0.503. The molecule has 3 aromatic heterocycles. The third kappa shape index (κ3) is 4.47. The largest absolute Gasteiger partial charge is 0.491 e. The highest BCUT2D eigenvalue weighted by Crippen LogP contribution is 2.12. The highest BCUT2D eigenvalue weighted by Gasteiger charge is 2.15. The Morgan fingerprint density at radius 3 is 2.70 bits per heavy atom. The van der Waals surface area contributed by atoms with Crippen molar-refractivity contribution in [1.82, 2.24) is 39.3 Å². The van der Waals surface area contributed by atoms with Crippen LogP contribution in [0, 0.1) is 10.1 Å². The van der Waals surface area contributed by atoms with E-state index in [4.69, 9.17) is 11.6 Å². The van der Waals surface area contributed by atoms with Crippen molar-refractivity contribution in [1.29, 1.82) is 0 Å². The third-order valence-corrected chi connectivity index (χ3v) is 4.08.